The van der Waals surface area contributed by atoms with Crippen LogP contribution in [-0.4, -0.2) is 11.6 Å². The molecular formula is C33H28N2O4. The Labute approximate surface area is 227 Å². The first-order valence-corrected chi connectivity index (χ1v) is 12.6. The summed E-state index contributed by atoms with van der Waals surface area (Å²) in [5.74, 6) is 2.72. The fourth-order valence-electron chi connectivity index (χ4n) is 4.20. The Hall–Kier alpha value is -5.10. The first kappa shape index (κ1) is 25.5. The molecule has 0 spiro atoms. The number of ether oxygens (including phenoxy) is 2. The molecule has 1 aliphatic carbocycles. The van der Waals surface area contributed by atoms with Crippen LogP contribution in [0.15, 0.2) is 121 Å². The summed E-state index contributed by atoms with van der Waals surface area (Å²) < 4.78 is 11.7. The van der Waals surface area contributed by atoms with Gasteiger partial charge in [-0.3, -0.25) is 9.59 Å². The molecule has 6 heteroatoms. The summed E-state index contributed by atoms with van der Waals surface area (Å²) in [6.07, 6.45) is 4.47. The molecule has 0 bridgehead atoms. The molecule has 5 rings (SSSR count). The van der Waals surface area contributed by atoms with E-state index in [0.29, 0.717) is 45.2 Å². The molecule has 194 valence electrons. The third-order valence-electron chi connectivity index (χ3n) is 6.55. The van der Waals surface area contributed by atoms with Crippen LogP contribution < -0.4 is 20.9 Å². The molecule has 4 aromatic rings. The molecule has 0 heterocycles. The number of benzene rings is 4. The molecule has 0 saturated carbocycles. The molecule has 1 atom stereocenters. The van der Waals surface area contributed by atoms with Crippen molar-refractivity contribution >= 4 is 17.3 Å². The molecule has 0 radical (unpaired) electrons. The Bertz CT molecular complexity index is 1550. The van der Waals surface area contributed by atoms with Gasteiger partial charge in [0.25, 0.3) is 0 Å². The maximum atomic E-state index is 13.0. The Morgan fingerprint density at radius 3 is 1.41 bits per heavy atom. The predicted octanol–water partition coefficient (Wildman–Crippen LogP) is 6.67. The lowest BCUT2D eigenvalue weighted by atomic mass is 9.98. The first-order valence-electron chi connectivity index (χ1n) is 12.6. The molecule has 6 nitrogen and oxygen atoms in total. The molecule has 4 N–H and O–H groups in total. The zero-order valence-corrected chi connectivity index (χ0v) is 21.5. The maximum Gasteiger partial charge on any atom is 0.193 e. The van der Waals surface area contributed by atoms with Crippen LogP contribution in [0.25, 0.3) is 0 Å². The van der Waals surface area contributed by atoms with Crippen molar-refractivity contribution in [3.05, 3.63) is 143 Å². The number of nitrogens with two attached hydrogens (primary N) is 2. The van der Waals surface area contributed by atoms with E-state index in [9.17, 15) is 9.59 Å². The van der Waals surface area contributed by atoms with Crippen molar-refractivity contribution in [1.82, 2.24) is 0 Å². The summed E-state index contributed by atoms with van der Waals surface area (Å²) in [5.41, 5.74) is 15.2. The SMILES string of the molecule is CC1CC(Oc2ccc(C(=O)c3ccc(C(=O)c4ccc(Oc5ccc(N)cc5)cc4)cc3)cc2)=CC=C1N. The predicted molar refractivity (Wildman–Crippen MR) is 152 cm³/mol. The largest absolute Gasteiger partial charge is 0.462 e. The van der Waals surface area contributed by atoms with E-state index >= 15 is 0 Å². The smallest absolute Gasteiger partial charge is 0.193 e. The van der Waals surface area contributed by atoms with E-state index in [1.54, 1.807) is 97.1 Å². The van der Waals surface area contributed by atoms with Crippen LogP contribution in [0.1, 0.15) is 45.2 Å². The van der Waals surface area contributed by atoms with E-state index in [1.165, 1.54) is 0 Å². The highest BCUT2D eigenvalue weighted by atomic mass is 16.5. The molecule has 0 aromatic heterocycles. The number of anilines is 1. The average Bonchev–Trinajstić information content (AvgIpc) is 2.96. The van der Waals surface area contributed by atoms with Crippen molar-refractivity contribution in [3.63, 3.8) is 0 Å². The fourth-order valence-corrected chi connectivity index (χ4v) is 4.20. The lowest BCUT2D eigenvalue weighted by Gasteiger charge is -2.19. The van der Waals surface area contributed by atoms with Crippen LogP contribution in [0.3, 0.4) is 0 Å². The van der Waals surface area contributed by atoms with Crippen molar-refractivity contribution in [2.45, 2.75) is 13.3 Å². The average molecular weight is 517 g/mol. The van der Waals surface area contributed by atoms with Gasteiger partial charge in [-0.05, 0) is 84.9 Å². The minimum absolute atomic E-state index is 0.133. The summed E-state index contributed by atoms with van der Waals surface area (Å²) in [4.78, 5) is 26.0. The lowest BCUT2D eigenvalue weighted by Crippen LogP contribution is -2.14. The van der Waals surface area contributed by atoms with Gasteiger partial charge in [-0.25, -0.2) is 0 Å². The second kappa shape index (κ2) is 11.1. The van der Waals surface area contributed by atoms with Crippen molar-refractivity contribution in [2.75, 3.05) is 5.73 Å². The van der Waals surface area contributed by atoms with Crippen molar-refractivity contribution in [2.24, 2.45) is 11.7 Å². The summed E-state index contributed by atoms with van der Waals surface area (Å²) in [6, 6.07) is 27.7. The van der Waals surface area contributed by atoms with Gasteiger partial charge in [-0.2, -0.15) is 0 Å². The van der Waals surface area contributed by atoms with Crippen molar-refractivity contribution < 1.29 is 19.1 Å². The van der Waals surface area contributed by atoms with Gasteiger partial charge in [0.05, 0.1) is 0 Å². The molecule has 39 heavy (non-hydrogen) atoms. The monoisotopic (exact) mass is 516 g/mol. The Morgan fingerprint density at radius 1 is 0.590 bits per heavy atom. The van der Waals surface area contributed by atoms with E-state index < -0.39 is 0 Å². The standard InChI is InChI=1S/C33H28N2O4/c1-21-20-30(18-19-31(21)35)39-28-14-8-25(9-15-28)33(37)23-4-2-22(3-5-23)32(36)24-6-12-27(13-7-24)38-29-16-10-26(34)11-17-29/h2-19,21H,20,34-35H2,1H3. The van der Waals surface area contributed by atoms with Gasteiger partial charge in [0.15, 0.2) is 11.6 Å². The highest BCUT2D eigenvalue weighted by Crippen LogP contribution is 2.26. The first-order chi connectivity index (χ1) is 18.9. The van der Waals surface area contributed by atoms with E-state index in [0.717, 1.165) is 17.9 Å². The molecular weight excluding hydrogens is 488 g/mol. The molecule has 1 aliphatic rings. The summed E-state index contributed by atoms with van der Waals surface area (Å²) >= 11 is 0. The van der Waals surface area contributed by atoms with Crippen molar-refractivity contribution in [3.8, 4) is 17.2 Å². The summed E-state index contributed by atoms with van der Waals surface area (Å²) in [7, 11) is 0. The molecule has 1 unspecified atom stereocenters. The topological polar surface area (TPSA) is 105 Å². The van der Waals surface area contributed by atoms with Gasteiger partial charge in [-0.15, -0.1) is 0 Å². The number of allylic oxidation sites excluding steroid dienone is 4. The fraction of sp³-hybridized carbons (Fsp3) is 0.0909. The van der Waals surface area contributed by atoms with Crippen LogP contribution in [-0.2, 0) is 0 Å². The highest BCUT2D eigenvalue weighted by molar-refractivity contribution is 6.11. The maximum absolute atomic E-state index is 13.0. The van der Waals surface area contributed by atoms with E-state index in [-0.39, 0.29) is 17.5 Å². The van der Waals surface area contributed by atoms with Gasteiger partial charge in [0.2, 0.25) is 0 Å². The van der Waals surface area contributed by atoms with Gasteiger partial charge < -0.3 is 20.9 Å². The number of carbonyl (C=O) groups excluding carboxylic acids is 2. The molecule has 0 fully saturated rings. The van der Waals surface area contributed by atoms with Gasteiger partial charge in [0, 0.05) is 46.0 Å². The Balaban J connectivity index is 1.21. The molecule has 0 aliphatic heterocycles. The van der Waals surface area contributed by atoms with Crippen LogP contribution in [0, 0.1) is 5.92 Å². The number of ketones is 2. The summed E-state index contributed by atoms with van der Waals surface area (Å²) in [6.45, 7) is 2.05. The van der Waals surface area contributed by atoms with Crippen LogP contribution in [0.4, 0.5) is 5.69 Å². The van der Waals surface area contributed by atoms with Crippen LogP contribution in [0.2, 0.25) is 0 Å². The van der Waals surface area contributed by atoms with E-state index in [2.05, 4.69) is 6.92 Å². The van der Waals surface area contributed by atoms with Crippen LogP contribution in [0.5, 0.6) is 17.2 Å². The number of hydrogen-bond acceptors (Lipinski definition) is 6. The molecule has 0 amide bonds. The molecule has 4 aromatic carbocycles. The van der Waals surface area contributed by atoms with Crippen molar-refractivity contribution in [1.29, 1.82) is 0 Å². The Morgan fingerprint density at radius 2 is 0.974 bits per heavy atom. The minimum Gasteiger partial charge on any atom is -0.462 e. The number of hydrogen-bond donors (Lipinski definition) is 2. The van der Waals surface area contributed by atoms with E-state index in [1.807, 2.05) is 12.2 Å². The number of carbonyl (C=O) groups is 2. The third kappa shape index (κ3) is 6.08. The second-order valence-electron chi connectivity index (χ2n) is 9.46. The number of rotatable bonds is 8. The Kier molecular flexibility index (Phi) is 7.28. The van der Waals surface area contributed by atoms with Gasteiger partial charge in [-0.1, -0.05) is 31.2 Å². The third-order valence-corrected chi connectivity index (χ3v) is 6.55. The van der Waals surface area contributed by atoms with Crippen LogP contribution >= 0.6 is 0 Å². The van der Waals surface area contributed by atoms with Gasteiger partial charge in [0.1, 0.15) is 23.0 Å². The van der Waals surface area contributed by atoms with E-state index in [4.69, 9.17) is 20.9 Å². The van der Waals surface area contributed by atoms with Gasteiger partial charge >= 0.3 is 0 Å². The lowest BCUT2D eigenvalue weighted by molar-refractivity contribution is 0.102. The number of nitrogen functional groups attached to an aromatic ring is 1. The minimum atomic E-state index is -0.141. The quantitative estimate of drug-likeness (QED) is 0.200. The molecule has 0 saturated heterocycles. The normalized spacial score (nSPS) is 14.6. The zero-order valence-electron chi connectivity index (χ0n) is 21.5. The zero-order chi connectivity index (χ0) is 27.4. The highest BCUT2D eigenvalue weighted by Gasteiger charge is 2.16. The second-order valence-corrected chi connectivity index (χ2v) is 9.46. The summed E-state index contributed by atoms with van der Waals surface area (Å²) in [5, 5.41) is 0.